The maximum atomic E-state index is 13.2. The van der Waals surface area contributed by atoms with Gasteiger partial charge < -0.3 is 24.4 Å². The number of carbonyl (C=O) groups excluding carboxylic acids is 5. The van der Waals surface area contributed by atoms with E-state index in [0.717, 1.165) is 134 Å². The van der Waals surface area contributed by atoms with E-state index in [9.17, 15) is 29.1 Å². The molecule has 16 nitrogen and oxygen atoms in total. The molecule has 4 amide bonds. The number of piperidine rings is 4. The molecule has 80 heavy (non-hydrogen) atoms. The fourth-order valence-corrected chi connectivity index (χ4v) is 11.0. The molecule has 0 spiro atoms. The van der Waals surface area contributed by atoms with Crippen LogP contribution in [0.3, 0.4) is 0 Å². The van der Waals surface area contributed by atoms with Gasteiger partial charge in [0.1, 0.15) is 22.8 Å². The normalized spacial score (nSPS) is 17.6. The van der Waals surface area contributed by atoms with Crippen LogP contribution < -0.4 is 10.6 Å². The highest BCUT2D eigenvalue weighted by molar-refractivity contribution is 6.30. The number of carbonyl (C=O) groups is 5. The SMILES string of the molecule is C.C.CC(C)(C)OC(=O)Nc1cc(CN2CCC(C(=O)N3CCC(CC(=O)c4ccc(Cl)cc4)CC3)CC2)ccn1.CC(C)(C)OC(=O)Nc1cc(CN2CCC(C(=O)N3CCC(CC(O)c4ccc(Cl)cc4)CC3)CC2)ccn1. The van der Waals surface area contributed by atoms with Gasteiger partial charge in [-0.1, -0.05) is 50.2 Å². The quantitative estimate of drug-likeness (QED) is 0.102. The highest BCUT2D eigenvalue weighted by Crippen LogP contribution is 2.32. The fraction of sp³-hybridized carbons (Fsp3) is 0.565. The molecular weight excluding hydrogens is 1060 g/mol. The first-order valence-electron chi connectivity index (χ1n) is 27.8. The molecule has 438 valence electrons. The van der Waals surface area contributed by atoms with Crippen LogP contribution in [0.5, 0.6) is 0 Å². The number of nitrogens with one attached hydrogen (secondary N) is 2. The van der Waals surface area contributed by atoms with E-state index in [1.165, 1.54) is 0 Å². The van der Waals surface area contributed by atoms with Crippen molar-refractivity contribution in [1.82, 2.24) is 29.6 Å². The molecule has 2 aromatic heterocycles. The fourth-order valence-electron chi connectivity index (χ4n) is 10.7. The van der Waals surface area contributed by atoms with Crippen LogP contribution in [-0.4, -0.2) is 128 Å². The van der Waals surface area contributed by atoms with E-state index in [1.54, 1.807) is 36.7 Å². The number of likely N-dealkylation sites (tertiary alicyclic amines) is 4. The molecule has 1 atom stereocenters. The van der Waals surface area contributed by atoms with Crippen molar-refractivity contribution in [2.24, 2.45) is 23.7 Å². The van der Waals surface area contributed by atoms with Gasteiger partial charge in [-0.3, -0.25) is 34.8 Å². The Morgan fingerprint density at radius 3 is 1.36 bits per heavy atom. The molecule has 0 saturated carbocycles. The number of pyridine rings is 2. The maximum Gasteiger partial charge on any atom is 0.413 e. The largest absolute Gasteiger partial charge is 0.444 e. The van der Waals surface area contributed by atoms with Crippen molar-refractivity contribution in [1.29, 1.82) is 0 Å². The zero-order chi connectivity index (χ0) is 56.0. The third-order valence-electron chi connectivity index (χ3n) is 14.9. The summed E-state index contributed by atoms with van der Waals surface area (Å²) in [4.78, 5) is 80.3. The topological polar surface area (TPSA) is 187 Å². The first-order chi connectivity index (χ1) is 37.1. The van der Waals surface area contributed by atoms with Crippen molar-refractivity contribution in [3.05, 3.63) is 117 Å². The molecule has 18 heteroatoms. The first-order valence-corrected chi connectivity index (χ1v) is 28.5. The summed E-state index contributed by atoms with van der Waals surface area (Å²) in [5.41, 5.74) is 2.56. The van der Waals surface area contributed by atoms with E-state index in [1.807, 2.05) is 99.9 Å². The molecule has 2 aromatic carbocycles. The Labute approximate surface area is 485 Å². The van der Waals surface area contributed by atoms with Gasteiger partial charge in [0, 0.05) is 85.5 Å². The molecule has 4 saturated heterocycles. The van der Waals surface area contributed by atoms with Gasteiger partial charge in [0.2, 0.25) is 11.8 Å². The van der Waals surface area contributed by atoms with Crippen molar-refractivity contribution >= 4 is 64.6 Å². The summed E-state index contributed by atoms with van der Waals surface area (Å²) in [5.74, 6) is 2.45. The third kappa shape index (κ3) is 21.0. The average Bonchev–Trinajstić information content (AvgIpc) is 3.39. The van der Waals surface area contributed by atoms with E-state index in [-0.39, 0.29) is 44.3 Å². The van der Waals surface area contributed by atoms with Crippen LogP contribution in [0.2, 0.25) is 10.0 Å². The first kappa shape index (κ1) is 65.2. The van der Waals surface area contributed by atoms with Gasteiger partial charge >= 0.3 is 12.2 Å². The number of ether oxygens (including phenoxy) is 2. The third-order valence-corrected chi connectivity index (χ3v) is 15.4. The summed E-state index contributed by atoms with van der Waals surface area (Å²) in [6.07, 6.45) is 10.0. The number of Topliss-reactive ketones (excluding diaryl/α,β-unsaturated/α-hetero) is 1. The lowest BCUT2D eigenvalue weighted by atomic mass is 9.87. The van der Waals surface area contributed by atoms with Crippen LogP contribution in [0, 0.1) is 23.7 Å². The van der Waals surface area contributed by atoms with Gasteiger partial charge in [0.15, 0.2) is 5.78 Å². The van der Waals surface area contributed by atoms with Crippen molar-refractivity contribution in [3.63, 3.8) is 0 Å². The minimum absolute atomic E-state index is 0. The number of anilines is 2. The molecule has 4 fully saturated rings. The lowest BCUT2D eigenvalue weighted by molar-refractivity contribution is -0.139. The molecule has 0 bridgehead atoms. The zero-order valence-corrected chi connectivity index (χ0v) is 47.9. The number of benzene rings is 2. The van der Waals surface area contributed by atoms with Crippen LogP contribution in [0.1, 0.15) is 154 Å². The number of rotatable bonds is 14. The summed E-state index contributed by atoms with van der Waals surface area (Å²) < 4.78 is 10.6. The molecule has 1 unspecified atom stereocenters. The molecule has 4 aromatic rings. The number of aliphatic hydroxyl groups is 1. The van der Waals surface area contributed by atoms with Gasteiger partial charge in [-0.15, -0.1) is 0 Å². The molecule has 0 aliphatic carbocycles. The number of hydrogen-bond donors (Lipinski definition) is 3. The Morgan fingerprint density at radius 2 is 0.963 bits per heavy atom. The highest BCUT2D eigenvalue weighted by atomic mass is 35.5. The summed E-state index contributed by atoms with van der Waals surface area (Å²) >= 11 is 11.9. The second kappa shape index (κ2) is 30.4. The molecule has 4 aliphatic heterocycles. The van der Waals surface area contributed by atoms with Crippen LogP contribution >= 0.6 is 23.2 Å². The van der Waals surface area contributed by atoms with E-state index < -0.39 is 29.5 Å². The average molecular weight is 1140 g/mol. The van der Waals surface area contributed by atoms with Gasteiger partial charge in [-0.2, -0.15) is 0 Å². The molecule has 3 N–H and O–H groups in total. The van der Waals surface area contributed by atoms with E-state index in [0.29, 0.717) is 51.9 Å². The van der Waals surface area contributed by atoms with Crippen molar-refractivity contribution < 1.29 is 38.6 Å². The van der Waals surface area contributed by atoms with Crippen LogP contribution in [0.4, 0.5) is 21.2 Å². The lowest BCUT2D eigenvalue weighted by Crippen LogP contribution is -2.45. The second-order valence-corrected chi connectivity index (χ2v) is 24.3. The van der Waals surface area contributed by atoms with Crippen LogP contribution in [0.25, 0.3) is 0 Å². The van der Waals surface area contributed by atoms with Gasteiger partial charge in [-0.25, -0.2) is 19.6 Å². The Balaban J connectivity index is 0.000000287. The van der Waals surface area contributed by atoms with E-state index >= 15 is 0 Å². The van der Waals surface area contributed by atoms with Crippen LogP contribution in [0.15, 0.2) is 85.2 Å². The monoisotopic (exact) mass is 1140 g/mol. The molecule has 8 rings (SSSR count). The summed E-state index contributed by atoms with van der Waals surface area (Å²) in [7, 11) is 0. The maximum absolute atomic E-state index is 13.2. The minimum Gasteiger partial charge on any atom is -0.444 e. The minimum atomic E-state index is -0.573. The Morgan fingerprint density at radius 1 is 0.575 bits per heavy atom. The summed E-state index contributed by atoms with van der Waals surface area (Å²) in [6.45, 7) is 18.8. The lowest BCUT2D eigenvalue weighted by Gasteiger charge is -2.37. The number of aliphatic hydroxyl groups excluding tert-OH is 1. The number of halogens is 2. The standard InChI is InChI=1S/C30H41ClN4O4.C30H39ClN4O4.2CH4/c2*1-30(2,3)39-29(38)33-27-19-22(8-13-32-27)20-34-14-11-24(12-15-34)28(37)35-16-9-21(10-17-35)18-26(36)23-4-6-25(31)7-5-23;;/h4-8,13,19,21,24,26,36H,9-12,14-18,20H2,1-3H3,(H,32,33,38);4-8,13,19,21,24H,9-12,14-18,20H2,1-3H3,(H,32,33,38);2*1H4. The zero-order valence-electron chi connectivity index (χ0n) is 46.4. The predicted octanol–water partition coefficient (Wildman–Crippen LogP) is 12.7. The van der Waals surface area contributed by atoms with Gasteiger partial charge in [-0.05, 0) is 215 Å². The summed E-state index contributed by atoms with van der Waals surface area (Å²) in [5, 5.41) is 17.3. The van der Waals surface area contributed by atoms with Crippen molar-refractivity contribution in [3.8, 4) is 0 Å². The molecule has 4 aliphatic rings. The van der Waals surface area contributed by atoms with Gasteiger partial charge in [0.25, 0.3) is 0 Å². The van der Waals surface area contributed by atoms with Crippen molar-refractivity contribution in [2.45, 2.75) is 151 Å². The van der Waals surface area contributed by atoms with E-state index in [4.69, 9.17) is 32.7 Å². The molecular formula is C62H88Cl2N8O8. The number of amides is 4. The number of aromatic nitrogens is 2. The number of hydrogen-bond acceptors (Lipinski definition) is 12. The Hall–Kier alpha value is -5.65. The molecule has 0 radical (unpaired) electrons. The Kier molecular flexibility index (Phi) is 24.8. The summed E-state index contributed by atoms with van der Waals surface area (Å²) in [6, 6.07) is 22.1. The van der Waals surface area contributed by atoms with Gasteiger partial charge in [0.05, 0.1) is 6.10 Å². The number of ketones is 1. The predicted molar refractivity (Wildman–Crippen MR) is 318 cm³/mol. The highest BCUT2D eigenvalue weighted by Gasteiger charge is 2.34. The molecule has 6 heterocycles. The smallest absolute Gasteiger partial charge is 0.413 e. The number of nitrogens with zero attached hydrogens (tertiary/aromatic N) is 6. The second-order valence-electron chi connectivity index (χ2n) is 23.4. The Bertz CT molecular complexity index is 2610. The van der Waals surface area contributed by atoms with E-state index in [2.05, 4.69) is 30.4 Å². The van der Waals surface area contributed by atoms with Crippen LogP contribution in [-0.2, 0) is 32.2 Å². The van der Waals surface area contributed by atoms with Crippen molar-refractivity contribution in [2.75, 3.05) is 63.0 Å².